The third kappa shape index (κ3) is 3.81. The second-order valence-electron chi connectivity index (χ2n) is 7.83. The quantitative estimate of drug-likeness (QED) is 0.536. The maximum Gasteiger partial charge on any atom is 0.339 e. The first-order valence-electron chi connectivity index (χ1n) is 10.2. The van der Waals surface area contributed by atoms with Crippen LogP contribution in [0, 0.1) is 13.8 Å². The molecule has 0 aliphatic carbocycles. The van der Waals surface area contributed by atoms with Crippen LogP contribution in [0.15, 0.2) is 18.2 Å². The minimum Gasteiger partial charge on any atom is -0.497 e. The molecular formula is C23H31N2O5+. The molecule has 30 heavy (non-hydrogen) atoms. The lowest BCUT2D eigenvalue weighted by molar-refractivity contribution is -0.931. The lowest BCUT2D eigenvalue weighted by Crippen LogP contribution is -3.14. The molecular weight excluding hydrogens is 384 g/mol. The second kappa shape index (κ2) is 8.92. The molecule has 0 saturated carbocycles. The average molecular weight is 416 g/mol. The number of Topliss-reactive ketones (excluding diaryl/α,β-unsaturated/α-hetero) is 1. The predicted octanol–water partition coefficient (Wildman–Crippen LogP) is 2.43. The first-order chi connectivity index (χ1) is 14.3. The molecule has 1 aliphatic rings. The fourth-order valence-corrected chi connectivity index (χ4v) is 4.64. The number of carbonyl (C=O) groups excluding carboxylic acids is 2. The van der Waals surface area contributed by atoms with E-state index in [1.165, 1.54) is 12.0 Å². The summed E-state index contributed by atoms with van der Waals surface area (Å²) in [7, 11) is 4.65. The van der Waals surface area contributed by atoms with Crippen LogP contribution in [0.5, 0.6) is 11.5 Å². The molecule has 1 fully saturated rings. The SMILES string of the molecule is COC(=O)c1c(C)[nH]c(C(=O)[C@H](C)[NH+]2CCC[C@@H]2c2cc(OC)ccc2OC)c1C. The van der Waals surface area contributed by atoms with Crippen LogP contribution in [-0.2, 0) is 4.74 Å². The van der Waals surface area contributed by atoms with Gasteiger partial charge < -0.3 is 24.1 Å². The summed E-state index contributed by atoms with van der Waals surface area (Å²) in [6.07, 6.45) is 1.99. The lowest BCUT2D eigenvalue weighted by atomic mass is 9.99. The van der Waals surface area contributed by atoms with E-state index in [9.17, 15) is 9.59 Å². The van der Waals surface area contributed by atoms with E-state index in [1.54, 1.807) is 28.1 Å². The molecule has 1 aromatic heterocycles. The summed E-state index contributed by atoms with van der Waals surface area (Å²) < 4.78 is 15.9. The van der Waals surface area contributed by atoms with E-state index >= 15 is 0 Å². The van der Waals surface area contributed by atoms with Crippen LogP contribution in [0.3, 0.4) is 0 Å². The Morgan fingerprint density at radius 1 is 1.17 bits per heavy atom. The number of aryl methyl sites for hydroxylation is 1. The van der Waals surface area contributed by atoms with Crippen molar-refractivity contribution >= 4 is 11.8 Å². The van der Waals surface area contributed by atoms with E-state index in [2.05, 4.69) is 4.98 Å². The van der Waals surface area contributed by atoms with E-state index in [0.717, 1.165) is 36.4 Å². The number of methoxy groups -OCH3 is 3. The first kappa shape index (κ1) is 21.9. The maximum absolute atomic E-state index is 13.4. The molecule has 0 radical (unpaired) electrons. The highest BCUT2D eigenvalue weighted by Gasteiger charge is 2.40. The number of nitrogens with one attached hydrogen (secondary N) is 2. The molecule has 3 atom stereocenters. The first-order valence-corrected chi connectivity index (χ1v) is 10.2. The molecule has 3 rings (SSSR count). The topological polar surface area (TPSA) is 82.1 Å². The highest BCUT2D eigenvalue weighted by atomic mass is 16.5. The monoisotopic (exact) mass is 415 g/mol. The molecule has 2 N–H and O–H groups in total. The van der Waals surface area contributed by atoms with Crippen LogP contribution in [-0.4, -0.2) is 50.7 Å². The van der Waals surface area contributed by atoms with Gasteiger partial charge in [-0.25, -0.2) is 4.79 Å². The van der Waals surface area contributed by atoms with Crippen LogP contribution in [0.4, 0.5) is 0 Å². The number of benzene rings is 1. The summed E-state index contributed by atoms with van der Waals surface area (Å²) in [6, 6.07) is 5.65. The number of carbonyl (C=O) groups is 2. The van der Waals surface area contributed by atoms with Gasteiger partial charge in [-0.3, -0.25) is 4.79 Å². The Morgan fingerprint density at radius 3 is 2.53 bits per heavy atom. The van der Waals surface area contributed by atoms with Gasteiger partial charge >= 0.3 is 5.97 Å². The summed E-state index contributed by atoms with van der Waals surface area (Å²) in [5.74, 6) is 1.14. The number of aromatic amines is 1. The molecule has 1 aliphatic heterocycles. The number of ketones is 1. The Bertz CT molecular complexity index is 949. The molecule has 2 aromatic rings. The Morgan fingerprint density at radius 2 is 1.90 bits per heavy atom. The smallest absolute Gasteiger partial charge is 0.339 e. The van der Waals surface area contributed by atoms with E-state index in [1.807, 2.05) is 25.1 Å². The largest absolute Gasteiger partial charge is 0.497 e. The molecule has 1 unspecified atom stereocenters. The average Bonchev–Trinajstić information content (AvgIpc) is 3.36. The van der Waals surface area contributed by atoms with Crippen molar-refractivity contribution in [3.63, 3.8) is 0 Å². The van der Waals surface area contributed by atoms with E-state index in [4.69, 9.17) is 14.2 Å². The van der Waals surface area contributed by atoms with Gasteiger partial charge in [0.05, 0.1) is 44.7 Å². The minimum absolute atomic E-state index is 0.00508. The lowest BCUT2D eigenvalue weighted by Gasteiger charge is -2.28. The van der Waals surface area contributed by atoms with E-state index in [0.29, 0.717) is 22.5 Å². The minimum atomic E-state index is -0.430. The molecule has 0 bridgehead atoms. The van der Waals surface area contributed by atoms with Crippen molar-refractivity contribution in [1.29, 1.82) is 0 Å². The number of rotatable bonds is 7. The van der Waals surface area contributed by atoms with Crippen molar-refractivity contribution in [3.8, 4) is 11.5 Å². The predicted molar refractivity (Wildman–Crippen MR) is 113 cm³/mol. The normalized spacial score (nSPS) is 19.4. The number of hydrogen-bond acceptors (Lipinski definition) is 5. The third-order valence-corrected chi connectivity index (χ3v) is 6.24. The molecule has 7 nitrogen and oxygen atoms in total. The Hall–Kier alpha value is -2.80. The number of quaternary nitrogens is 1. The number of ether oxygens (including phenoxy) is 3. The van der Waals surface area contributed by atoms with Gasteiger partial charge in [0.25, 0.3) is 0 Å². The summed E-state index contributed by atoms with van der Waals surface area (Å²) in [5.41, 5.74) is 3.27. The highest BCUT2D eigenvalue weighted by Crippen LogP contribution is 2.32. The van der Waals surface area contributed by atoms with Crippen LogP contribution in [0.2, 0.25) is 0 Å². The fraction of sp³-hybridized carbons (Fsp3) is 0.478. The van der Waals surface area contributed by atoms with Crippen molar-refractivity contribution in [3.05, 3.63) is 46.3 Å². The highest BCUT2D eigenvalue weighted by molar-refractivity contribution is 6.03. The summed E-state index contributed by atoms with van der Waals surface area (Å²) >= 11 is 0. The van der Waals surface area contributed by atoms with Crippen LogP contribution < -0.4 is 14.4 Å². The molecule has 2 heterocycles. The van der Waals surface area contributed by atoms with Crippen molar-refractivity contribution in [1.82, 2.24) is 4.98 Å². The Balaban J connectivity index is 1.93. The number of esters is 1. The molecule has 162 valence electrons. The summed E-state index contributed by atoms with van der Waals surface area (Å²) in [4.78, 5) is 29.8. The van der Waals surface area contributed by atoms with Crippen molar-refractivity contribution in [2.75, 3.05) is 27.9 Å². The van der Waals surface area contributed by atoms with Crippen molar-refractivity contribution < 1.29 is 28.7 Å². The van der Waals surface area contributed by atoms with Crippen molar-refractivity contribution in [2.24, 2.45) is 0 Å². The van der Waals surface area contributed by atoms with Crippen LogP contribution in [0.1, 0.15) is 63.5 Å². The van der Waals surface area contributed by atoms with Crippen LogP contribution in [0.25, 0.3) is 0 Å². The van der Waals surface area contributed by atoms with Crippen molar-refractivity contribution in [2.45, 2.75) is 45.7 Å². The fourth-order valence-electron chi connectivity index (χ4n) is 4.64. The van der Waals surface area contributed by atoms with Gasteiger partial charge in [-0.1, -0.05) is 0 Å². The maximum atomic E-state index is 13.4. The third-order valence-electron chi connectivity index (χ3n) is 6.24. The van der Waals surface area contributed by atoms with E-state index in [-0.39, 0.29) is 17.9 Å². The molecule has 7 heteroatoms. The van der Waals surface area contributed by atoms with Crippen LogP contribution >= 0.6 is 0 Å². The van der Waals surface area contributed by atoms with Gasteiger partial charge in [0, 0.05) is 18.5 Å². The van der Waals surface area contributed by atoms with Gasteiger partial charge in [0.2, 0.25) is 5.78 Å². The standard InChI is InChI=1S/C23H30N2O5/c1-13-20(23(27)30-6)14(2)24-21(13)22(26)15(3)25-11-7-8-18(25)17-12-16(28-4)9-10-19(17)29-5/h9-10,12,15,18,24H,7-8,11H2,1-6H3/p+1/t15-,18+/m0/s1. The molecule has 0 amide bonds. The number of H-pyrrole nitrogens is 1. The van der Waals surface area contributed by atoms with Gasteiger partial charge in [0.1, 0.15) is 17.5 Å². The number of hydrogen-bond donors (Lipinski definition) is 2. The van der Waals surface area contributed by atoms with E-state index < -0.39 is 5.97 Å². The summed E-state index contributed by atoms with van der Waals surface area (Å²) in [6.45, 7) is 6.42. The molecule has 1 saturated heterocycles. The zero-order valence-electron chi connectivity index (χ0n) is 18.5. The Kier molecular flexibility index (Phi) is 6.51. The zero-order chi connectivity index (χ0) is 22.0. The van der Waals surface area contributed by atoms with Gasteiger partial charge in [-0.2, -0.15) is 0 Å². The van der Waals surface area contributed by atoms with Gasteiger partial charge in [-0.15, -0.1) is 0 Å². The molecule has 1 aromatic carbocycles. The second-order valence-corrected chi connectivity index (χ2v) is 7.83. The number of likely N-dealkylation sites (tertiary alicyclic amines) is 1. The summed E-state index contributed by atoms with van der Waals surface area (Å²) in [5, 5.41) is 0. The zero-order valence-corrected chi connectivity index (χ0v) is 18.5. The van der Waals surface area contributed by atoms with Gasteiger partial charge in [0.15, 0.2) is 6.04 Å². The number of aromatic nitrogens is 1. The van der Waals surface area contributed by atoms with Gasteiger partial charge in [-0.05, 0) is 44.5 Å². The Labute approximate surface area is 177 Å². The molecule has 0 spiro atoms.